The van der Waals surface area contributed by atoms with Crippen LogP contribution in [0.3, 0.4) is 0 Å². The zero-order chi connectivity index (χ0) is 13.8. The first-order chi connectivity index (χ1) is 9.10. The van der Waals surface area contributed by atoms with Crippen molar-refractivity contribution >= 4 is 33.5 Å². The van der Waals surface area contributed by atoms with Crippen molar-refractivity contribution in [2.75, 3.05) is 17.9 Å². The fourth-order valence-corrected chi connectivity index (χ4v) is 2.11. The lowest BCUT2D eigenvalue weighted by molar-refractivity contribution is 0.379. The molecule has 0 amide bonds. The molecule has 0 fully saturated rings. The van der Waals surface area contributed by atoms with Gasteiger partial charge in [-0.1, -0.05) is 15.9 Å². The fourth-order valence-electron chi connectivity index (χ4n) is 1.51. The van der Waals surface area contributed by atoms with Gasteiger partial charge in [0, 0.05) is 10.2 Å². The van der Waals surface area contributed by atoms with E-state index in [1.165, 1.54) is 7.11 Å². The minimum absolute atomic E-state index is 0.178. The van der Waals surface area contributed by atoms with Gasteiger partial charge in [-0.25, -0.2) is 5.84 Å². The number of halogens is 1. The van der Waals surface area contributed by atoms with Gasteiger partial charge in [0.15, 0.2) is 0 Å². The Kier molecular flexibility index (Phi) is 4.13. The molecule has 0 spiro atoms. The number of nitrogens with zero attached hydrogens (tertiary/aromatic N) is 3. The summed E-state index contributed by atoms with van der Waals surface area (Å²) in [6, 6.07) is 6.07. The number of nitrogens with one attached hydrogen (secondary N) is 2. The third-order valence-electron chi connectivity index (χ3n) is 2.22. The average molecular weight is 325 g/mol. The largest absolute Gasteiger partial charge is 0.467 e. The van der Waals surface area contributed by atoms with E-state index in [2.05, 4.69) is 41.6 Å². The maximum atomic E-state index is 5.29. The monoisotopic (exact) mass is 324 g/mol. The number of benzene rings is 1. The van der Waals surface area contributed by atoms with Crippen molar-refractivity contribution in [3.8, 4) is 6.01 Å². The average Bonchev–Trinajstić information content (AvgIpc) is 2.37. The summed E-state index contributed by atoms with van der Waals surface area (Å²) >= 11 is 3.43. The van der Waals surface area contributed by atoms with Gasteiger partial charge in [-0.15, -0.1) is 0 Å². The van der Waals surface area contributed by atoms with E-state index < -0.39 is 0 Å². The van der Waals surface area contributed by atoms with Crippen molar-refractivity contribution in [3.05, 3.63) is 28.2 Å². The highest BCUT2D eigenvalue weighted by Gasteiger charge is 2.06. The molecule has 0 aliphatic heterocycles. The predicted octanol–water partition coefficient (Wildman–Crippen LogP) is 1.98. The molecule has 0 saturated heterocycles. The van der Waals surface area contributed by atoms with Crippen LogP contribution in [0.15, 0.2) is 22.7 Å². The number of aromatic nitrogens is 3. The summed E-state index contributed by atoms with van der Waals surface area (Å²) in [5.41, 5.74) is 4.32. The second kappa shape index (κ2) is 5.81. The normalized spacial score (nSPS) is 10.1. The van der Waals surface area contributed by atoms with Crippen molar-refractivity contribution < 1.29 is 4.74 Å². The molecule has 19 heavy (non-hydrogen) atoms. The van der Waals surface area contributed by atoms with Crippen molar-refractivity contribution in [3.63, 3.8) is 0 Å². The molecule has 4 N–H and O–H groups in total. The van der Waals surface area contributed by atoms with Gasteiger partial charge in [0.25, 0.3) is 0 Å². The lowest BCUT2D eigenvalue weighted by Gasteiger charge is -2.08. The summed E-state index contributed by atoms with van der Waals surface area (Å²) in [5, 5.41) is 3.07. The highest BCUT2D eigenvalue weighted by atomic mass is 79.9. The maximum Gasteiger partial charge on any atom is 0.322 e. The van der Waals surface area contributed by atoms with Crippen LogP contribution in [0, 0.1) is 6.92 Å². The van der Waals surface area contributed by atoms with Gasteiger partial charge in [0.05, 0.1) is 7.11 Å². The van der Waals surface area contributed by atoms with Crippen LogP contribution in [0.2, 0.25) is 0 Å². The number of rotatable bonds is 4. The highest BCUT2D eigenvalue weighted by molar-refractivity contribution is 9.10. The first-order valence-corrected chi connectivity index (χ1v) is 6.21. The Morgan fingerprint density at radius 2 is 1.89 bits per heavy atom. The van der Waals surface area contributed by atoms with E-state index in [0.29, 0.717) is 5.95 Å². The van der Waals surface area contributed by atoms with Crippen molar-refractivity contribution in [1.82, 2.24) is 15.0 Å². The van der Waals surface area contributed by atoms with Gasteiger partial charge in [0.1, 0.15) is 0 Å². The van der Waals surface area contributed by atoms with E-state index in [4.69, 9.17) is 10.6 Å². The Bertz CT molecular complexity index is 549. The molecule has 0 radical (unpaired) electrons. The number of methoxy groups -OCH3 is 1. The number of anilines is 3. The number of nitrogens with two attached hydrogens (primary N) is 1. The second-order valence-corrected chi connectivity index (χ2v) is 4.67. The molecule has 1 heterocycles. The number of hydrazine groups is 1. The number of nitrogen functional groups attached to an aromatic ring is 1. The Morgan fingerprint density at radius 3 is 2.53 bits per heavy atom. The molecule has 7 nitrogen and oxygen atoms in total. The van der Waals surface area contributed by atoms with Crippen LogP contribution < -0.4 is 21.3 Å². The SMILES string of the molecule is COc1nc(NN)nc(Nc2cc(C)cc(Br)c2)n1. The molecule has 2 rings (SSSR count). The number of hydrogen-bond donors (Lipinski definition) is 3. The zero-order valence-electron chi connectivity index (χ0n) is 10.4. The van der Waals surface area contributed by atoms with E-state index in [1.807, 2.05) is 25.1 Å². The summed E-state index contributed by atoms with van der Waals surface area (Å²) in [5.74, 6) is 5.86. The van der Waals surface area contributed by atoms with Gasteiger partial charge >= 0.3 is 6.01 Å². The molecule has 100 valence electrons. The summed E-state index contributed by atoms with van der Waals surface area (Å²) in [4.78, 5) is 12.1. The molecule has 0 unspecified atom stereocenters. The molecule has 1 aromatic carbocycles. The Balaban J connectivity index is 2.31. The molecule has 0 saturated carbocycles. The molecule has 2 aromatic rings. The van der Waals surface area contributed by atoms with Gasteiger partial charge in [-0.05, 0) is 30.7 Å². The molecule has 0 atom stereocenters. The maximum absolute atomic E-state index is 5.29. The minimum Gasteiger partial charge on any atom is -0.467 e. The number of hydrogen-bond acceptors (Lipinski definition) is 7. The first-order valence-electron chi connectivity index (χ1n) is 5.41. The molecule has 8 heteroatoms. The summed E-state index contributed by atoms with van der Waals surface area (Å²) in [6.45, 7) is 2.00. The van der Waals surface area contributed by atoms with E-state index in [0.717, 1.165) is 15.7 Å². The van der Waals surface area contributed by atoms with E-state index in [-0.39, 0.29) is 12.0 Å². The van der Waals surface area contributed by atoms with Gasteiger partial charge in [-0.2, -0.15) is 15.0 Å². The topological polar surface area (TPSA) is 98.0 Å². The van der Waals surface area contributed by atoms with Crippen molar-refractivity contribution in [1.29, 1.82) is 0 Å². The standard InChI is InChI=1S/C11H13BrN6O/c1-6-3-7(12)5-8(4-6)14-9-15-10(18-13)17-11(16-9)19-2/h3-5H,13H2,1-2H3,(H2,14,15,16,17,18). The highest BCUT2D eigenvalue weighted by Crippen LogP contribution is 2.22. The minimum atomic E-state index is 0.178. The van der Waals surface area contributed by atoms with Gasteiger partial charge in [0.2, 0.25) is 11.9 Å². The van der Waals surface area contributed by atoms with Crippen LogP contribution in [0.25, 0.3) is 0 Å². The van der Waals surface area contributed by atoms with Gasteiger partial charge < -0.3 is 10.1 Å². The van der Waals surface area contributed by atoms with E-state index >= 15 is 0 Å². The Morgan fingerprint density at radius 1 is 1.16 bits per heavy atom. The Labute approximate surface area is 118 Å². The third-order valence-corrected chi connectivity index (χ3v) is 2.68. The predicted molar refractivity (Wildman–Crippen MR) is 76.4 cm³/mol. The van der Waals surface area contributed by atoms with Crippen LogP contribution in [-0.2, 0) is 0 Å². The van der Waals surface area contributed by atoms with Gasteiger partial charge in [-0.3, -0.25) is 5.43 Å². The van der Waals surface area contributed by atoms with Crippen LogP contribution in [0.4, 0.5) is 17.6 Å². The molecule has 0 bridgehead atoms. The summed E-state index contributed by atoms with van der Waals surface area (Å²) in [7, 11) is 1.47. The summed E-state index contributed by atoms with van der Waals surface area (Å²) in [6.07, 6.45) is 0. The van der Waals surface area contributed by atoms with E-state index in [1.54, 1.807) is 0 Å². The van der Waals surface area contributed by atoms with Crippen molar-refractivity contribution in [2.24, 2.45) is 5.84 Å². The first kappa shape index (κ1) is 13.5. The smallest absolute Gasteiger partial charge is 0.322 e. The lowest BCUT2D eigenvalue weighted by atomic mass is 10.2. The summed E-state index contributed by atoms with van der Waals surface area (Å²) < 4.78 is 5.94. The quantitative estimate of drug-likeness (QED) is 0.584. The zero-order valence-corrected chi connectivity index (χ0v) is 12.0. The molecule has 0 aliphatic carbocycles. The van der Waals surface area contributed by atoms with Crippen LogP contribution >= 0.6 is 15.9 Å². The fraction of sp³-hybridized carbons (Fsp3) is 0.182. The Hall–Kier alpha value is -1.93. The lowest BCUT2D eigenvalue weighted by Crippen LogP contribution is -2.13. The van der Waals surface area contributed by atoms with Crippen molar-refractivity contribution in [2.45, 2.75) is 6.92 Å². The molecular formula is C11H13BrN6O. The third kappa shape index (κ3) is 3.52. The molecular weight excluding hydrogens is 312 g/mol. The van der Waals surface area contributed by atoms with Crippen LogP contribution in [0.1, 0.15) is 5.56 Å². The van der Waals surface area contributed by atoms with Crippen LogP contribution in [-0.4, -0.2) is 22.1 Å². The van der Waals surface area contributed by atoms with Crippen LogP contribution in [0.5, 0.6) is 6.01 Å². The molecule has 1 aromatic heterocycles. The van der Waals surface area contributed by atoms with E-state index in [9.17, 15) is 0 Å². The molecule has 0 aliphatic rings. The number of aryl methyl sites for hydroxylation is 1. The second-order valence-electron chi connectivity index (χ2n) is 3.76. The number of ether oxygens (including phenoxy) is 1.